The molecule has 1 aliphatic rings. The normalized spacial score (nSPS) is 13.4. The second-order valence-corrected chi connectivity index (χ2v) is 6.96. The lowest BCUT2D eigenvalue weighted by Gasteiger charge is -2.16. The van der Waals surface area contributed by atoms with Crippen LogP contribution in [0.5, 0.6) is 5.75 Å². The summed E-state index contributed by atoms with van der Waals surface area (Å²) in [5, 5.41) is 0. The van der Waals surface area contributed by atoms with E-state index < -0.39 is 0 Å². The third kappa shape index (κ3) is 3.40. The maximum absolute atomic E-state index is 5.58. The topological polar surface area (TPSA) is 30.3 Å². The lowest BCUT2D eigenvalue weighted by molar-refractivity contribution is 0.311. The van der Waals surface area contributed by atoms with Crippen LogP contribution in [0.25, 0.3) is 11.0 Å². The molecule has 2 heterocycles. The summed E-state index contributed by atoms with van der Waals surface area (Å²) in [6.45, 7) is 2.78. The lowest BCUT2D eigenvalue weighted by atomic mass is 10.0. The number of fused-ring (bicyclic) bond motifs is 2. The second kappa shape index (κ2) is 6.89. The third-order valence-corrected chi connectivity index (χ3v) is 5.05. The molecule has 0 aliphatic carbocycles. The van der Waals surface area contributed by atoms with Gasteiger partial charge in [0.25, 0.3) is 0 Å². The number of ether oxygens (including phenoxy) is 1. The summed E-state index contributed by atoms with van der Waals surface area (Å²) in [6.07, 6.45) is 3.32. The zero-order valence-electron chi connectivity index (χ0n) is 15.0. The van der Waals surface area contributed by atoms with Crippen molar-refractivity contribution in [1.29, 1.82) is 0 Å². The quantitative estimate of drug-likeness (QED) is 0.690. The molecule has 25 heavy (non-hydrogen) atoms. The van der Waals surface area contributed by atoms with Crippen molar-refractivity contribution in [2.45, 2.75) is 25.8 Å². The zero-order valence-corrected chi connectivity index (χ0v) is 15.0. The van der Waals surface area contributed by atoms with Crippen LogP contribution < -0.4 is 4.74 Å². The Labute approximate surface area is 149 Å². The lowest BCUT2D eigenvalue weighted by Crippen LogP contribution is -2.21. The molecule has 1 aromatic heterocycles. The molecule has 0 fully saturated rings. The van der Waals surface area contributed by atoms with Crippen LogP contribution in [0.4, 0.5) is 0 Å². The van der Waals surface area contributed by atoms with Gasteiger partial charge in [-0.2, -0.15) is 0 Å². The van der Waals surface area contributed by atoms with E-state index in [2.05, 4.69) is 60.0 Å². The van der Waals surface area contributed by atoms with Gasteiger partial charge in [-0.05, 0) is 55.8 Å². The molecule has 0 atom stereocenters. The third-order valence-electron chi connectivity index (χ3n) is 5.05. The van der Waals surface area contributed by atoms with E-state index in [1.165, 1.54) is 16.6 Å². The van der Waals surface area contributed by atoms with Crippen molar-refractivity contribution in [3.63, 3.8) is 0 Å². The number of para-hydroxylation sites is 2. The first-order valence-corrected chi connectivity index (χ1v) is 9.04. The maximum Gasteiger partial charge on any atom is 0.123 e. The first kappa shape index (κ1) is 16.2. The molecule has 0 spiro atoms. The Morgan fingerprint density at radius 3 is 2.96 bits per heavy atom. The number of hydrogen-bond donors (Lipinski definition) is 0. The predicted octanol–water partition coefficient (Wildman–Crippen LogP) is 3.57. The molecule has 1 aliphatic heterocycles. The molecule has 0 saturated carbocycles. The van der Waals surface area contributed by atoms with E-state index in [9.17, 15) is 0 Å². The Morgan fingerprint density at radius 1 is 1.20 bits per heavy atom. The number of imidazole rings is 1. The molecular formula is C21H25N3O. The van der Waals surface area contributed by atoms with Gasteiger partial charge in [0.15, 0.2) is 0 Å². The first-order chi connectivity index (χ1) is 12.2. The van der Waals surface area contributed by atoms with Crippen molar-refractivity contribution in [1.82, 2.24) is 14.5 Å². The summed E-state index contributed by atoms with van der Waals surface area (Å²) in [5.41, 5.74) is 5.06. The smallest absolute Gasteiger partial charge is 0.123 e. The van der Waals surface area contributed by atoms with E-state index in [1.807, 2.05) is 6.07 Å². The fraction of sp³-hybridized carbons (Fsp3) is 0.381. The molecule has 3 aromatic rings. The highest BCUT2D eigenvalue weighted by Gasteiger charge is 2.12. The standard InChI is InChI=1S/C21H25N3O/c1-23(15-21-22-18-7-3-4-8-19(18)24(21)2)12-5-6-16-9-10-20-17(14-16)11-13-25-20/h3-4,7-10,14H,5-6,11-13,15H2,1-2H3. The monoisotopic (exact) mass is 335 g/mol. The number of rotatable bonds is 6. The van der Waals surface area contributed by atoms with Crippen LogP contribution in [0.15, 0.2) is 42.5 Å². The summed E-state index contributed by atoms with van der Waals surface area (Å²) in [7, 11) is 4.28. The molecule has 0 radical (unpaired) electrons. The Hall–Kier alpha value is -2.33. The van der Waals surface area contributed by atoms with Crippen molar-refractivity contribution < 1.29 is 4.74 Å². The molecule has 4 heteroatoms. The van der Waals surface area contributed by atoms with Crippen LogP contribution in [0.2, 0.25) is 0 Å². The molecule has 0 amide bonds. The molecule has 4 rings (SSSR count). The van der Waals surface area contributed by atoms with Crippen LogP contribution in [0.1, 0.15) is 23.4 Å². The zero-order chi connectivity index (χ0) is 17.2. The minimum atomic E-state index is 0.833. The SMILES string of the molecule is CN(CCCc1ccc2c(c1)CCO2)Cc1nc2ccccc2n1C. The van der Waals surface area contributed by atoms with Crippen LogP contribution in [-0.2, 0) is 26.4 Å². The van der Waals surface area contributed by atoms with Crippen molar-refractivity contribution in [2.24, 2.45) is 7.05 Å². The van der Waals surface area contributed by atoms with Crippen LogP contribution in [0.3, 0.4) is 0 Å². The van der Waals surface area contributed by atoms with Crippen LogP contribution in [-0.4, -0.2) is 34.7 Å². The summed E-state index contributed by atoms with van der Waals surface area (Å²) < 4.78 is 7.78. The van der Waals surface area contributed by atoms with Gasteiger partial charge >= 0.3 is 0 Å². The van der Waals surface area contributed by atoms with Gasteiger partial charge in [0, 0.05) is 13.5 Å². The van der Waals surface area contributed by atoms with Gasteiger partial charge in [0.2, 0.25) is 0 Å². The molecular weight excluding hydrogens is 310 g/mol. The summed E-state index contributed by atoms with van der Waals surface area (Å²) >= 11 is 0. The minimum Gasteiger partial charge on any atom is -0.493 e. The van der Waals surface area contributed by atoms with Crippen LogP contribution in [0, 0.1) is 0 Å². The van der Waals surface area contributed by atoms with Gasteiger partial charge < -0.3 is 9.30 Å². The van der Waals surface area contributed by atoms with E-state index in [-0.39, 0.29) is 0 Å². The second-order valence-electron chi connectivity index (χ2n) is 6.96. The number of hydrogen-bond acceptors (Lipinski definition) is 3. The highest BCUT2D eigenvalue weighted by molar-refractivity contribution is 5.75. The predicted molar refractivity (Wildman–Crippen MR) is 101 cm³/mol. The van der Waals surface area contributed by atoms with E-state index >= 15 is 0 Å². The summed E-state index contributed by atoms with van der Waals surface area (Å²) in [4.78, 5) is 7.12. The van der Waals surface area contributed by atoms with Gasteiger partial charge in [-0.15, -0.1) is 0 Å². The Bertz CT molecular complexity index is 884. The molecule has 130 valence electrons. The van der Waals surface area contributed by atoms with Gasteiger partial charge in [-0.25, -0.2) is 4.98 Å². The number of nitrogens with zero attached hydrogens (tertiary/aromatic N) is 3. The van der Waals surface area contributed by atoms with Crippen molar-refractivity contribution >= 4 is 11.0 Å². The number of aryl methyl sites for hydroxylation is 2. The maximum atomic E-state index is 5.58. The van der Waals surface area contributed by atoms with Crippen LogP contribution >= 0.6 is 0 Å². The molecule has 2 aromatic carbocycles. The van der Waals surface area contributed by atoms with Gasteiger partial charge in [0.1, 0.15) is 11.6 Å². The Morgan fingerprint density at radius 2 is 2.08 bits per heavy atom. The van der Waals surface area contributed by atoms with Crippen molar-refractivity contribution in [3.05, 3.63) is 59.4 Å². The highest BCUT2D eigenvalue weighted by Crippen LogP contribution is 2.26. The van der Waals surface area contributed by atoms with Crippen molar-refractivity contribution in [2.75, 3.05) is 20.2 Å². The van der Waals surface area contributed by atoms with E-state index in [1.54, 1.807) is 0 Å². The molecule has 0 unspecified atom stereocenters. The van der Waals surface area contributed by atoms with Gasteiger partial charge in [-0.1, -0.05) is 24.3 Å². The van der Waals surface area contributed by atoms with E-state index in [0.29, 0.717) is 0 Å². The summed E-state index contributed by atoms with van der Waals surface area (Å²) in [5.74, 6) is 2.20. The Kier molecular flexibility index (Phi) is 4.45. The fourth-order valence-corrected chi connectivity index (χ4v) is 3.61. The number of benzene rings is 2. The molecule has 0 N–H and O–H groups in total. The van der Waals surface area contributed by atoms with Crippen molar-refractivity contribution in [3.8, 4) is 5.75 Å². The average molecular weight is 335 g/mol. The van der Waals surface area contributed by atoms with Gasteiger partial charge in [0.05, 0.1) is 24.2 Å². The highest BCUT2D eigenvalue weighted by atomic mass is 16.5. The fourth-order valence-electron chi connectivity index (χ4n) is 3.61. The first-order valence-electron chi connectivity index (χ1n) is 9.04. The molecule has 0 saturated heterocycles. The van der Waals surface area contributed by atoms with E-state index in [0.717, 1.165) is 56.0 Å². The molecule has 4 nitrogen and oxygen atoms in total. The molecule has 0 bridgehead atoms. The Balaban J connectivity index is 1.33. The largest absolute Gasteiger partial charge is 0.493 e. The average Bonchev–Trinajstić information content (AvgIpc) is 3.20. The number of aromatic nitrogens is 2. The minimum absolute atomic E-state index is 0.833. The summed E-state index contributed by atoms with van der Waals surface area (Å²) in [6, 6.07) is 15.0. The van der Waals surface area contributed by atoms with E-state index in [4.69, 9.17) is 9.72 Å². The van der Waals surface area contributed by atoms with Gasteiger partial charge in [-0.3, -0.25) is 4.90 Å².